The zero-order chi connectivity index (χ0) is 10.8. The van der Waals surface area contributed by atoms with Crippen molar-refractivity contribution in [3.05, 3.63) is 24.0 Å². The van der Waals surface area contributed by atoms with Crippen LogP contribution in [-0.4, -0.2) is 30.1 Å². The van der Waals surface area contributed by atoms with Crippen LogP contribution < -0.4 is 5.73 Å². The summed E-state index contributed by atoms with van der Waals surface area (Å²) in [5, 5.41) is 0. The van der Waals surface area contributed by atoms with Crippen LogP contribution in [0, 0.1) is 5.92 Å². The van der Waals surface area contributed by atoms with Crippen molar-refractivity contribution in [2.45, 2.75) is 25.4 Å². The summed E-state index contributed by atoms with van der Waals surface area (Å²) in [6.07, 6.45) is 6.96. The second-order valence-corrected chi connectivity index (χ2v) is 4.85. The summed E-state index contributed by atoms with van der Waals surface area (Å²) in [7, 11) is 4.20. The molecule has 1 unspecified atom stereocenters. The molecule has 0 spiro atoms. The standard InChI is InChI=1S/C12H21N3/c1-14(2)7-8-15-6-5-11(9-15)12(13)10-3-4-10/h5-6,9-10,12H,3-4,7-8,13H2,1-2H3. The van der Waals surface area contributed by atoms with E-state index >= 15 is 0 Å². The second-order valence-electron chi connectivity index (χ2n) is 4.85. The Labute approximate surface area is 91.9 Å². The average Bonchev–Trinajstić information content (AvgIpc) is 2.93. The minimum atomic E-state index is 0.269. The molecule has 0 aliphatic heterocycles. The largest absolute Gasteiger partial charge is 0.353 e. The van der Waals surface area contributed by atoms with Gasteiger partial charge in [-0.2, -0.15) is 0 Å². The maximum absolute atomic E-state index is 6.15. The van der Waals surface area contributed by atoms with Gasteiger partial charge in [0.1, 0.15) is 0 Å². The molecule has 3 nitrogen and oxygen atoms in total. The molecule has 1 aliphatic carbocycles. The summed E-state index contributed by atoms with van der Waals surface area (Å²) < 4.78 is 2.23. The Balaban J connectivity index is 1.91. The normalized spacial score (nSPS) is 18.4. The molecule has 0 aromatic carbocycles. The van der Waals surface area contributed by atoms with Crippen LogP contribution in [0.5, 0.6) is 0 Å². The summed E-state index contributed by atoms with van der Waals surface area (Å²) in [5.41, 5.74) is 7.45. The van der Waals surface area contributed by atoms with Gasteiger partial charge in [0.15, 0.2) is 0 Å². The van der Waals surface area contributed by atoms with Crippen LogP contribution in [0.1, 0.15) is 24.4 Å². The maximum atomic E-state index is 6.15. The van der Waals surface area contributed by atoms with E-state index in [1.165, 1.54) is 18.4 Å². The Bertz CT molecular complexity index is 312. The molecule has 1 aliphatic rings. The maximum Gasteiger partial charge on any atom is 0.0347 e. The van der Waals surface area contributed by atoms with E-state index in [2.05, 4.69) is 42.0 Å². The molecule has 0 radical (unpaired) electrons. The van der Waals surface area contributed by atoms with Gasteiger partial charge in [0.25, 0.3) is 0 Å². The molecule has 1 atom stereocenters. The lowest BCUT2D eigenvalue weighted by Gasteiger charge is -2.10. The molecule has 1 aromatic heterocycles. The Morgan fingerprint density at radius 3 is 2.87 bits per heavy atom. The minimum absolute atomic E-state index is 0.269. The molecule has 0 amide bonds. The number of nitrogens with zero attached hydrogens (tertiary/aromatic N) is 2. The average molecular weight is 207 g/mol. The lowest BCUT2D eigenvalue weighted by Crippen LogP contribution is -2.17. The van der Waals surface area contributed by atoms with Gasteiger partial charge in [-0.15, -0.1) is 0 Å². The lowest BCUT2D eigenvalue weighted by atomic mass is 10.1. The molecule has 2 N–H and O–H groups in total. The van der Waals surface area contributed by atoms with E-state index in [1.807, 2.05) is 0 Å². The number of nitrogens with two attached hydrogens (primary N) is 1. The van der Waals surface area contributed by atoms with Crippen molar-refractivity contribution in [2.75, 3.05) is 20.6 Å². The zero-order valence-corrected chi connectivity index (χ0v) is 9.69. The Morgan fingerprint density at radius 2 is 2.27 bits per heavy atom. The molecule has 2 rings (SSSR count). The summed E-state index contributed by atoms with van der Waals surface area (Å²) >= 11 is 0. The molecule has 1 aromatic rings. The summed E-state index contributed by atoms with van der Waals surface area (Å²) in [6.45, 7) is 2.12. The van der Waals surface area contributed by atoms with Gasteiger partial charge in [-0.05, 0) is 44.5 Å². The molecular formula is C12H21N3. The second kappa shape index (κ2) is 4.37. The first-order valence-corrected chi connectivity index (χ1v) is 5.73. The van der Waals surface area contributed by atoms with E-state index < -0.39 is 0 Å². The lowest BCUT2D eigenvalue weighted by molar-refractivity contribution is 0.384. The van der Waals surface area contributed by atoms with Crippen molar-refractivity contribution >= 4 is 0 Å². The summed E-state index contributed by atoms with van der Waals surface area (Å²) in [4.78, 5) is 2.19. The molecule has 1 saturated carbocycles. The molecule has 1 heterocycles. The van der Waals surface area contributed by atoms with Crippen LogP contribution in [0.2, 0.25) is 0 Å². The van der Waals surface area contributed by atoms with Crippen molar-refractivity contribution in [3.8, 4) is 0 Å². The van der Waals surface area contributed by atoms with Crippen molar-refractivity contribution < 1.29 is 0 Å². The van der Waals surface area contributed by atoms with Crippen LogP contribution in [0.15, 0.2) is 18.5 Å². The highest BCUT2D eigenvalue weighted by atomic mass is 15.1. The number of rotatable bonds is 5. The fraction of sp³-hybridized carbons (Fsp3) is 0.667. The molecule has 0 bridgehead atoms. The Kier molecular flexibility index (Phi) is 3.12. The first-order valence-electron chi connectivity index (χ1n) is 5.73. The minimum Gasteiger partial charge on any atom is -0.353 e. The SMILES string of the molecule is CN(C)CCn1ccc(C(N)C2CC2)c1. The Hall–Kier alpha value is -0.800. The van der Waals surface area contributed by atoms with E-state index in [-0.39, 0.29) is 6.04 Å². The molecule has 3 heteroatoms. The first kappa shape index (κ1) is 10.7. The van der Waals surface area contributed by atoms with Gasteiger partial charge in [-0.1, -0.05) is 0 Å². The Morgan fingerprint density at radius 1 is 1.53 bits per heavy atom. The molecular weight excluding hydrogens is 186 g/mol. The third-order valence-electron chi connectivity index (χ3n) is 3.09. The third kappa shape index (κ3) is 2.83. The van der Waals surface area contributed by atoms with Crippen LogP contribution >= 0.6 is 0 Å². The molecule has 1 fully saturated rings. The monoisotopic (exact) mass is 207 g/mol. The van der Waals surface area contributed by atoms with E-state index in [0.29, 0.717) is 0 Å². The van der Waals surface area contributed by atoms with Crippen LogP contribution in [0.3, 0.4) is 0 Å². The summed E-state index contributed by atoms with van der Waals surface area (Å²) in [6, 6.07) is 2.43. The molecule has 0 saturated heterocycles. The quantitative estimate of drug-likeness (QED) is 0.793. The van der Waals surface area contributed by atoms with Gasteiger partial charge in [-0.25, -0.2) is 0 Å². The predicted molar refractivity (Wildman–Crippen MR) is 62.6 cm³/mol. The fourth-order valence-electron chi connectivity index (χ4n) is 1.84. The number of hydrogen-bond acceptors (Lipinski definition) is 2. The van der Waals surface area contributed by atoms with Crippen molar-refractivity contribution in [1.82, 2.24) is 9.47 Å². The molecule has 84 valence electrons. The highest BCUT2D eigenvalue weighted by Gasteiger charge is 2.29. The van der Waals surface area contributed by atoms with Crippen LogP contribution in [0.25, 0.3) is 0 Å². The van der Waals surface area contributed by atoms with E-state index in [9.17, 15) is 0 Å². The van der Waals surface area contributed by atoms with Gasteiger partial charge in [-0.3, -0.25) is 0 Å². The topological polar surface area (TPSA) is 34.2 Å². The van der Waals surface area contributed by atoms with Gasteiger partial charge in [0.2, 0.25) is 0 Å². The van der Waals surface area contributed by atoms with E-state index in [1.54, 1.807) is 0 Å². The van der Waals surface area contributed by atoms with Crippen LogP contribution in [-0.2, 0) is 6.54 Å². The van der Waals surface area contributed by atoms with E-state index in [4.69, 9.17) is 5.73 Å². The zero-order valence-electron chi connectivity index (χ0n) is 9.69. The van der Waals surface area contributed by atoms with Crippen LogP contribution in [0.4, 0.5) is 0 Å². The highest BCUT2D eigenvalue weighted by Crippen LogP contribution is 2.39. The summed E-state index contributed by atoms with van der Waals surface area (Å²) in [5.74, 6) is 0.745. The first-order chi connectivity index (χ1) is 7.16. The van der Waals surface area contributed by atoms with Gasteiger partial charge in [0.05, 0.1) is 0 Å². The van der Waals surface area contributed by atoms with Crippen molar-refractivity contribution in [3.63, 3.8) is 0 Å². The van der Waals surface area contributed by atoms with Crippen molar-refractivity contribution in [2.24, 2.45) is 11.7 Å². The third-order valence-corrected chi connectivity index (χ3v) is 3.09. The molecule has 15 heavy (non-hydrogen) atoms. The van der Waals surface area contributed by atoms with Gasteiger partial charge < -0.3 is 15.2 Å². The highest BCUT2D eigenvalue weighted by molar-refractivity contribution is 5.17. The smallest absolute Gasteiger partial charge is 0.0347 e. The van der Waals surface area contributed by atoms with Gasteiger partial charge in [0, 0.05) is 31.5 Å². The van der Waals surface area contributed by atoms with E-state index in [0.717, 1.165) is 19.0 Å². The van der Waals surface area contributed by atoms with Crippen molar-refractivity contribution in [1.29, 1.82) is 0 Å². The predicted octanol–water partition coefficient (Wildman–Crippen LogP) is 1.46. The number of aromatic nitrogens is 1. The fourth-order valence-corrected chi connectivity index (χ4v) is 1.84. The number of likely N-dealkylation sites (N-methyl/N-ethyl adjacent to an activating group) is 1. The van der Waals surface area contributed by atoms with Gasteiger partial charge >= 0.3 is 0 Å². The number of hydrogen-bond donors (Lipinski definition) is 1.